The lowest BCUT2D eigenvalue weighted by Crippen LogP contribution is -2.24. The number of ether oxygens (including phenoxy) is 3. The maximum atomic E-state index is 6.01. The van der Waals surface area contributed by atoms with Crippen molar-refractivity contribution in [1.82, 2.24) is 0 Å². The molecule has 0 aliphatic heterocycles. The summed E-state index contributed by atoms with van der Waals surface area (Å²) in [6.07, 6.45) is 6.24. The molecular formula is C16H23O3Si. The third kappa shape index (κ3) is 3.99. The molecule has 0 bridgehead atoms. The monoisotopic (exact) mass is 291 g/mol. The summed E-state index contributed by atoms with van der Waals surface area (Å²) in [6.45, 7) is 0.751. The lowest BCUT2D eigenvalue weighted by Gasteiger charge is -2.28. The zero-order chi connectivity index (χ0) is 14.4. The Hall–Kier alpha value is -1.00. The van der Waals surface area contributed by atoms with E-state index >= 15 is 0 Å². The number of methoxy groups -OCH3 is 2. The van der Waals surface area contributed by atoms with Gasteiger partial charge in [0.05, 0.1) is 26.9 Å². The van der Waals surface area contributed by atoms with Gasteiger partial charge in [-0.3, -0.25) is 0 Å². The molecule has 1 saturated carbocycles. The van der Waals surface area contributed by atoms with Crippen molar-refractivity contribution in [3.8, 4) is 11.5 Å². The summed E-state index contributed by atoms with van der Waals surface area (Å²) in [5.41, 5.74) is 1.72. The molecule has 1 aromatic rings. The number of benzene rings is 1. The summed E-state index contributed by atoms with van der Waals surface area (Å²) in [7, 11) is 7.09. The van der Waals surface area contributed by atoms with Crippen molar-refractivity contribution in [2.24, 2.45) is 0 Å². The van der Waals surface area contributed by atoms with Crippen molar-refractivity contribution in [3.05, 3.63) is 23.8 Å². The van der Waals surface area contributed by atoms with Crippen LogP contribution >= 0.6 is 0 Å². The van der Waals surface area contributed by atoms with Crippen LogP contribution in [0.15, 0.2) is 18.2 Å². The second-order valence-electron chi connectivity index (χ2n) is 5.24. The van der Waals surface area contributed by atoms with Crippen molar-refractivity contribution >= 4 is 10.2 Å². The Labute approximate surface area is 125 Å². The number of hydrogen-bond acceptors (Lipinski definition) is 3. The molecule has 0 saturated heterocycles. The van der Waals surface area contributed by atoms with Gasteiger partial charge in [-0.2, -0.15) is 0 Å². The van der Waals surface area contributed by atoms with E-state index in [1.54, 1.807) is 14.2 Å². The van der Waals surface area contributed by atoms with E-state index in [0.717, 1.165) is 24.5 Å². The maximum Gasteiger partial charge on any atom is 0.160 e. The Morgan fingerprint density at radius 2 is 1.85 bits per heavy atom. The molecular weight excluding hydrogens is 268 g/mol. The minimum atomic E-state index is 0.362. The molecule has 0 amide bonds. The molecule has 109 valence electrons. The van der Waals surface area contributed by atoms with Gasteiger partial charge >= 0.3 is 0 Å². The van der Waals surface area contributed by atoms with E-state index in [-0.39, 0.29) is 0 Å². The third-order valence-electron chi connectivity index (χ3n) is 3.87. The van der Waals surface area contributed by atoms with E-state index in [1.807, 2.05) is 12.1 Å². The average molecular weight is 291 g/mol. The quantitative estimate of drug-likeness (QED) is 0.754. The second-order valence-corrected chi connectivity index (χ2v) is 5.98. The lowest BCUT2D eigenvalue weighted by molar-refractivity contribution is 0.0311. The first-order chi connectivity index (χ1) is 9.74. The summed E-state index contributed by atoms with van der Waals surface area (Å²) in [4.78, 5) is 0. The van der Waals surface area contributed by atoms with Gasteiger partial charge in [0, 0.05) is 10.2 Å². The van der Waals surface area contributed by atoms with Gasteiger partial charge in [-0.15, -0.1) is 0 Å². The van der Waals surface area contributed by atoms with Gasteiger partial charge in [0.2, 0.25) is 0 Å². The fourth-order valence-electron chi connectivity index (χ4n) is 2.66. The first kappa shape index (κ1) is 15.4. The SMILES string of the molecule is COc1ccc(CCO[C@H]2CCCC[C@H]2[Si])cc1OC. The Kier molecular flexibility index (Phi) is 5.92. The normalized spacial score (nSPS) is 22.6. The molecule has 0 spiro atoms. The van der Waals surface area contributed by atoms with Crippen LogP contribution in [0.2, 0.25) is 5.54 Å². The van der Waals surface area contributed by atoms with Crippen LogP contribution in [0.1, 0.15) is 31.2 Å². The topological polar surface area (TPSA) is 27.7 Å². The Balaban J connectivity index is 1.84. The molecule has 0 unspecified atom stereocenters. The highest BCUT2D eigenvalue weighted by Crippen LogP contribution is 2.30. The summed E-state index contributed by atoms with van der Waals surface area (Å²) in [5, 5.41) is 0. The van der Waals surface area contributed by atoms with Crippen LogP contribution in [-0.2, 0) is 11.2 Å². The van der Waals surface area contributed by atoms with Crippen LogP contribution in [0.5, 0.6) is 11.5 Å². The highest BCUT2D eigenvalue weighted by Gasteiger charge is 2.21. The van der Waals surface area contributed by atoms with Crippen LogP contribution in [0.4, 0.5) is 0 Å². The number of rotatable bonds is 6. The standard InChI is InChI=1S/C16H23O3Si/c1-17-13-8-7-12(11-15(13)18-2)9-10-19-14-5-3-4-6-16(14)20/h7-8,11,14,16H,3-6,9-10H2,1-2H3/t14-,16+/m0/s1. The molecule has 4 heteroatoms. The van der Waals surface area contributed by atoms with Crippen LogP contribution in [0.3, 0.4) is 0 Å². The highest BCUT2D eigenvalue weighted by molar-refractivity contribution is 6.12. The third-order valence-corrected chi connectivity index (χ3v) is 4.53. The average Bonchev–Trinajstić information content (AvgIpc) is 2.49. The van der Waals surface area contributed by atoms with E-state index in [1.165, 1.54) is 31.2 Å². The smallest absolute Gasteiger partial charge is 0.160 e. The van der Waals surface area contributed by atoms with Gasteiger partial charge in [0.1, 0.15) is 0 Å². The Morgan fingerprint density at radius 3 is 2.55 bits per heavy atom. The molecule has 1 fully saturated rings. The van der Waals surface area contributed by atoms with Crippen LogP contribution in [-0.4, -0.2) is 37.2 Å². The molecule has 2 rings (SSSR count). The van der Waals surface area contributed by atoms with Gasteiger partial charge in [0.25, 0.3) is 0 Å². The molecule has 1 aliphatic carbocycles. The van der Waals surface area contributed by atoms with Gasteiger partial charge < -0.3 is 14.2 Å². The van der Waals surface area contributed by atoms with Crippen molar-refractivity contribution in [2.45, 2.75) is 43.7 Å². The van der Waals surface area contributed by atoms with Gasteiger partial charge in [-0.05, 0) is 36.1 Å². The highest BCUT2D eigenvalue weighted by atomic mass is 28.1. The predicted molar refractivity (Wildman–Crippen MR) is 81.0 cm³/mol. The van der Waals surface area contributed by atoms with Crippen molar-refractivity contribution in [2.75, 3.05) is 20.8 Å². The minimum absolute atomic E-state index is 0.362. The van der Waals surface area contributed by atoms with Gasteiger partial charge in [-0.1, -0.05) is 25.3 Å². The van der Waals surface area contributed by atoms with E-state index in [2.05, 4.69) is 16.3 Å². The van der Waals surface area contributed by atoms with E-state index < -0.39 is 0 Å². The molecule has 2 atom stereocenters. The summed E-state index contributed by atoms with van der Waals surface area (Å²) >= 11 is 0. The van der Waals surface area contributed by atoms with Crippen LogP contribution < -0.4 is 9.47 Å². The summed E-state index contributed by atoms with van der Waals surface area (Å²) in [5.74, 6) is 1.55. The molecule has 3 nitrogen and oxygen atoms in total. The molecule has 0 N–H and O–H groups in total. The fraction of sp³-hybridized carbons (Fsp3) is 0.625. The first-order valence-electron chi connectivity index (χ1n) is 7.28. The van der Waals surface area contributed by atoms with Gasteiger partial charge in [0.15, 0.2) is 11.5 Å². The minimum Gasteiger partial charge on any atom is -0.493 e. The van der Waals surface area contributed by atoms with E-state index in [0.29, 0.717) is 11.6 Å². The first-order valence-corrected chi connectivity index (χ1v) is 7.86. The van der Waals surface area contributed by atoms with Crippen molar-refractivity contribution in [3.63, 3.8) is 0 Å². The maximum absolute atomic E-state index is 6.01. The van der Waals surface area contributed by atoms with Crippen LogP contribution in [0.25, 0.3) is 0 Å². The number of hydrogen-bond donors (Lipinski definition) is 0. The molecule has 3 radical (unpaired) electrons. The lowest BCUT2D eigenvalue weighted by atomic mass is 9.97. The molecule has 0 heterocycles. The largest absolute Gasteiger partial charge is 0.493 e. The van der Waals surface area contributed by atoms with Crippen molar-refractivity contribution in [1.29, 1.82) is 0 Å². The fourth-order valence-corrected chi connectivity index (χ4v) is 3.13. The zero-order valence-electron chi connectivity index (χ0n) is 12.4. The Bertz CT molecular complexity index is 422. The summed E-state index contributed by atoms with van der Waals surface area (Å²) in [6, 6.07) is 6.03. The predicted octanol–water partition coefficient (Wildman–Crippen LogP) is 3.16. The van der Waals surface area contributed by atoms with Crippen molar-refractivity contribution < 1.29 is 14.2 Å². The molecule has 0 aromatic heterocycles. The van der Waals surface area contributed by atoms with Crippen LogP contribution in [0, 0.1) is 0 Å². The Morgan fingerprint density at radius 1 is 1.10 bits per heavy atom. The van der Waals surface area contributed by atoms with E-state index in [4.69, 9.17) is 14.2 Å². The zero-order valence-corrected chi connectivity index (χ0v) is 13.4. The second kappa shape index (κ2) is 7.69. The summed E-state index contributed by atoms with van der Waals surface area (Å²) < 4.78 is 16.6. The molecule has 1 aliphatic rings. The van der Waals surface area contributed by atoms with Gasteiger partial charge in [-0.25, -0.2) is 0 Å². The molecule has 20 heavy (non-hydrogen) atoms. The van der Waals surface area contributed by atoms with E-state index in [9.17, 15) is 0 Å². The molecule has 1 aromatic carbocycles.